The van der Waals surface area contributed by atoms with E-state index in [1.54, 1.807) is 6.20 Å². The van der Waals surface area contributed by atoms with E-state index in [1.165, 1.54) is 0 Å². The minimum Gasteiger partial charge on any atom is -0.303 e. The lowest BCUT2D eigenvalue weighted by Crippen LogP contribution is -1.93. The number of fused-ring (bicyclic) bond motifs is 1. The number of carbonyl (C=O) groups excluding carboxylic acids is 1. The van der Waals surface area contributed by atoms with Crippen LogP contribution in [0.15, 0.2) is 36.5 Å². The first-order valence-corrected chi connectivity index (χ1v) is 4.61. The summed E-state index contributed by atoms with van der Waals surface area (Å²) in [4.78, 5) is 14.8. The highest BCUT2D eigenvalue weighted by Gasteiger charge is 2.03. The first-order valence-electron chi connectivity index (χ1n) is 4.61. The Morgan fingerprint density at radius 3 is 3.00 bits per heavy atom. The second-order valence-corrected chi connectivity index (χ2v) is 3.38. The van der Waals surface area contributed by atoms with Gasteiger partial charge in [0.2, 0.25) is 0 Å². The van der Waals surface area contributed by atoms with Crippen LogP contribution in [0, 0.1) is 0 Å². The van der Waals surface area contributed by atoms with E-state index in [9.17, 15) is 4.79 Å². The molecule has 2 heteroatoms. The molecule has 0 aliphatic rings. The van der Waals surface area contributed by atoms with Gasteiger partial charge in [-0.2, -0.15) is 0 Å². The lowest BCUT2D eigenvalue weighted by molar-refractivity contribution is -0.108. The van der Waals surface area contributed by atoms with Crippen LogP contribution >= 0.6 is 0 Å². The van der Waals surface area contributed by atoms with Crippen LogP contribution in [0.4, 0.5) is 0 Å². The van der Waals surface area contributed by atoms with Gasteiger partial charge in [-0.3, -0.25) is 4.98 Å². The van der Waals surface area contributed by atoms with Gasteiger partial charge < -0.3 is 4.79 Å². The van der Waals surface area contributed by atoms with Crippen molar-refractivity contribution in [1.29, 1.82) is 0 Å². The van der Waals surface area contributed by atoms with Crippen molar-refractivity contribution in [2.75, 3.05) is 0 Å². The smallest absolute Gasteiger partial charge is 0.127 e. The topological polar surface area (TPSA) is 30.0 Å². The molecule has 0 aliphatic heterocycles. The van der Waals surface area contributed by atoms with Gasteiger partial charge in [0, 0.05) is 17.5 Å². The summed E-state index contributed by atoms with van der Waals surface area (Å²) in [6, 6.07) is 9.82. The first kappa shape index (κ1) is 8.88. The van der Waals surface area contributed by atoms with E-state index in [4.69, 9.17) is 0 Å². The van der Waals surface area contributed by atoms with Crippen LogP contribution in [-0.2, 0) is 4.79 Å². The minimum atomic E-state index is -0.0420. The maximum Gasteiger partial charge on any atom is 0.127 e. The van der Waals surface area contributed by atoms with Gasteiger partial charge >= 0.3 is 0 Å². The zero-order valence-corrected chi connectivity index (χ0v) is 7.97. The summed E-state index contributed by atoms with van der Waals surface area (Å²) in [6.45, 7) is 1.89. The van der Waals surface area contributed by atoms with Gasteiger partial charge in [0.1, 0.15) is 6.29 Å². The number of carbonyl (C=O) groups is 1. The number of pyridine rings is 1. The molecule has 0 fully saturated rings. The van der Waals surface area contributed by atoms with Gasteiger partial charge in [0.05, 0.1) is 5.52 Å². The average molecular weight is 185 g/mol. The Bertz CT molecular complexity index is 465. The van der Waals surface area contributed by atoms with Crippen molar-refractivity contribution in [1.82, 2.24) is 4.98 Å². The van der Waals surface area contributed by atoms with Crippen LogP contribution < -0.4 is 0 Å². The maximum atomic E-state index is 10.6. The van der Waals surface area contributed by atoms with Crippen LogP contribution in [0.25, 0.3) is 10.9 Å². The van der Waals surface area contributed by atoms with E-state index in [0.717, 1.165) is 22.8 Å². The van der Waals surface area contributed by atoms with Crippen molar-refractivity contribution >= 4 is 17.2 Å². The lowest BCUT2D eigenvalue weighted by Gasteiger charge is -2.04. The molecule has 0 saturated carbocycles. The molecule has 0 amide bonds. The molecule has 1 aromatic heterocycles. The standard InChI is InChI=1S/C12H11NO/c1-9(8-14)10-4-5-12-11(7-10)3-2-6-13-12/h2-9H,1H3. The molecule has 1 aromatic carbocycles. The van der Waals surface area contributed by atoms with Gasteiger partial charge in [0.15, 0.2) is 0 Å². The van der Waals surface area contributed by atoms with Crippen molar-refractivity contribution in [2.45, 2.75) is 12.8 Å². The summed E-state index contributed by atoms with van der Waals surface area (Å²) < 4.78 is 0. The van der Waals surface area contributed by atoms with Crippen molar-refractivity contribution in [3.8, 4) is 0 Å². The van der Waals surface area contributed by atoms with E-state index in [0.29, 0.717) is 0 Å². The molecular formula is C12H11NO. The monoisotopic (exact) mass is 185 g/mol. The highest BCUT2D eigenvalue weighted by Crippen LogP contribution is 2.18. The Hall–Kier alpha value is -1.70. The normalized spacial score (nSPS) is 12.6. The summed E-state index contributed by atoms with van der Waals surface area (Å²) in [5.74, 6) is -0.0420. The quantitative estimate of drug-likeness (QED) is 0.673. The number of aromatic nitrogens is 1. The van der Waals surface area contributed by atoms with E-state index in [2.05, 4.69) is 4.98 Å². The summed E-state index contributed by atoms with van der Waals surface area (Å²) in [7, 11) is 0. The molecule has 0 N–H and O–H groups in total. The highest BCUT2D eigenvalue weighted by molar-refractivity contribution is 5.80. The van der Waals surface area contributed by atoms with Gasteiger partial charge in [-0.15, -0.1) is 0 Å². The second-order valence-electron chi connectivity index (χ2n) is 3.38. The number of nitrogens with zero attached hydrogens (tertiary/aromatic N) is 1. The predicted molar refractivity (Wildman–Crippen MR) is 56.2 cm³/mol. The number of aldehydes is 1. The largest absolute Gasteiger partial charge is 0.303 e. The third kappa shape index (κ3) is 1.51. The molecule has 0 bridgehead atoms. The molecule has 2 rings (SSSR count). The SMILES string of the molecule is CC(C=O)c1ccc2ncccc2c1. The lowest BCUT2D eigenvalue weighted by atomic mass is 10.0. The van der Waals surface area contributed by atoms with Gasteiger partial charge in [-0.05, 0) is 23.8 Å². The highest BCUT2D eigenvalue weighted by atomic mass is 16.1. The fourth-order valence-electron chi connectivity index (χ4n) is 1.46. The van der Waals surface area contributed by atoms with Crippen LogP contribution in [0.2, 0.25) is 0 Å². The van der Waals surface area contributed by atoms with Crippen LogP contribution in [0.3, 0.4) is 0 Å². The van der Waals surface area contributed by atoms with Crippen molar-refractivity contribution in [3.05, 3.63) is 42.1 Å². The van der Waals surface area contributed by atoms with E-state index in [-0.39, 0.29) is 5.92 Å². The fraction of sp³-hybridized carbons (Fsp3) is 0.167. The molecule has 14 heavy (non-hydrogen) atoms. The minimum absolute atomic E-state index is 0.0420. The zero-order chi connectivity index (χ0) is 9.97. The predicted octanol–water partition coefficient (Wildman–Crippen LogP) is 2.54. The maximum absolute atomic E-state index is 10.6. The number of benzene rings is 1. The molecule has 0 radical (unpaired) electrons. The van der Waals surface area contributed by atoms with Crippen molar-refractivity contribution in [2.24, 2.45) is 0 Å². The molecule has 1 unspecified atom stereocenters. The average Bonchev–Trinajstić information content (AvgIpc) is 2.27. The molecule has 0 aliphatic carbocycles. The van der Waals surface area contributed by atoms with Gasteiger partial charge in [0.25, 0.3) is 0 Å². The van der Waals surface area contributed by atoms with E-state index in [1.807, 2.05) is 37.3 Å². The Kier molecular flexibility index (Phi) is 2.27. The third-order valence-corrected chi connectivity index (χ3v) is 2.36. The summed E-state index contributed by atoms with van der Waals surface area (Å²) in [5, 5.41) is 1.08. The van der Waals surface area contributed by atoms with Gasteiger partial charge in [-0.1, -0.05) is 19.1 Å². The summed E-state index contributed by atoms with van der Waals surface area (Å²) in [6.07, 6.45) is 2.72. The molecule has 2 nitrogen and oxygen atoms in total. The number of hydrogen-bond donors (Lipinski definition) is 0. The first-order chi connectivity index (χ1) is 6.81. The Morgan fingerprint density at radius 2 is 2.21 bits per heavy atom. The Morgan fingerprint density at radius 1 is 1.36 bits per heavy atom. The number of hydrogen-bond acceptors (Lipinski definition) is 2. The summed E-state index contributed by atoms with van der Waals surface area (Å²) >= 11 is 0. The summed E-state index contributed by atoms with van der Waals surface area (Å²) in [5.41, 5.74) is 2.01. The van der Waals surface area contributed by atoms with E-state index >= 15 is 0 Å². The van der Waals surface area contributed by atoms with Crippen LogP contribution in [0.1, 0.15) is 18.4 Å². The second kappa shape index (κ2) is 3.58. The fourth-order valence-corrected chi connectivity index (χ4v) is 1.46. The Labute approximate surface area is 82.6 Å². The Balaban J connectivity index is 2.56. The van der Waals surface area contributed by atoms with E-state index < -0.39 is 0 Å². The number of rotatable bonds is 2. The molecule has 2 aromatic rings. The zero-order valence-electron chi connectivity index (χ0n) is 7.97. The molecule has 0 saturated heterocycles. The van der Waals surface area contributed by atoms with Crippen molar-refractivity contribution < 1.29 is 4.79 Å². The molecule has 1 atom stereocenters. The molecule has 70 valence electrons. The molecule has 0 spiro atoms. The van der Waals surface area contributed by atoms with Crippen molar-refractivity contribution in [3.63, 3.8) is 0 Å². The third-order valence-electron chi connectivity index (χ3n) is 2.36. The van der Waals surface area contributed by atoms with Crippen LogP contribution in [-0.4, -0.2) is 11.3 Å². The molecule has 1 heterocycles. The van der Waals surface area contributed by atoms with Gasteiger partial charge in [-0.25, -0.2) is 0 Å². The van der Waals surface area contributed by atoms with Crippen LogP contribution in [0.5, 0.6) is 0 Å². The molecular weight excluding hydrogens is 174 g/mol.